The van der Waals surface area contributed by atoms with E-state index in [1.165, 1.54) is 0 Å². The van der Waals surface area contributed by atoms with Gasteiger partial charge in [0.05, 0.1) is 12.3 Å². The van der Waals surface area contributed by atoms with Crippen molar-refractivity contribution < 1.29 is 9.50 Å². The smallest absolute Gasteiger partial charge is 0.0985 e. The highest BCUT2D eigenvalue weighted by molar-refractivity contribution is 4.95. The van der Waals surface area contributed by atoms with Crippen molar-refractivity contribution >= 4 is 0 Å². The number of halogens is 1. The van der Waals surface area contributed by atoms with Gasteiger partial charge in [-0.15, -0.1) is 0 Å². The van der Waals surface area contributed by atoms with Gasteiger partial charge in [-0.25, -0.2) is 4.39 Å². The zero-order valence-corrected chi connectivity index (χ0v) is 8.76. The number of aliphatic hydroxyl groups excluding tert-OH is 1. The predicted octanol–water partition coefficient (Wildman–Crippen LogP) is 1.58. The first-order chi connectivity index (χ1) is 5.94. The average Bonchev–Trinajstić information content (AvgIpc) is 2.25. The van der Waals surface area contributed by atoms with Gasteiger partial charge >= 0.3 is 0 Å². The molecular weight excluding hydrogens is 169 g/mol. The molecule has 1 aliphatic rings. The van der Waals surface area contributed by atoms with Gasteiger partial charge in [0, 0.05) is 18.6 Å². The van der Waals surface area contributed by atoms with E-state index in [1.807, 2.05) is 13.8 Å². The fourth-order valence-electron chi connectivity index (χ4n) is 1.86. The van der Waals surface area contributed by atoms with Crippen molar-refractivity contribution in [2.45, 2.75) is 51.4 Å². The second-order valence-corrected chi connectivity index (χ2v) is 4.51. The Kier molecular flexibility index (Phi) is 3.30. The van der Waals surface area contributed by atoms with Gasteiger partial charge in [0.1, 0.15) is 0 Å². The highest BCUT2D eigenvalue weighted by Gasteiger charge is 2.39. The summed E-state index contributed by atoms with van der Waals surface area (Å²) in [7, 11) is 0. The number of rotatable bonds is 3. The third-order valence-corrected chi connectivity index (χ3v) is 3.10. The SMILES string of the molecule is CC(F)CCN1CCC(O)C1(C)C. The Hall–Kier alpha value is -0.150. The van der Waals surface area contributed by atoms with Crippen molar-refractivity contribution in [3.8, 4) is 0 Å². The van der Waals surface area contributed by atoms with Crippen LogP contribution in [0.4, 0.5) is 4.39 Å². The van der Waals surface area contributed by atoms with Crippen LogP contribution in [0, 0.1) is 0 Å². The number of aliphatic hydroxyl groups is 1. The molecule has 0 aliphatic carbocycles. The summed E-state index contributed by atoms with van der Waals surface area (Å²) in [6.07, 6.45) is 0.375. The van der Waals surface area contributed by atoms with Crippen LogP contribution in [0.3, 0.4) is 0 Å². The Labute approximate surface area is 79.7 Å². The van der Waals surface area contributed by atoms with Gasteiger partial charge in [0.2, 0.25) is 0 Å². The van der Waals surface area contributed by atoms with E-state index in [1.54, 1.807) is 6.92 Å². The topological polar surface area (TPSA) is 23.5 Å². The standard InChI is InChI=1S/C10H20FNO/c1-8(11)4-6-12-7-5-9(13)10(12,2)3/h8-9,13H,4-7H2,1-3H3. The van der Waals surface area contributed by atoms with Crippen molar-refractivity contribution in [1.29, 1.82) is 0 Å². The minimum Gasteiger partial charge on any atom is -0.391 e. The molecule has 13 heavy (non-hydrogen) atoms. The van der Waals surface area contributed by atoms with Gasteiger partial charge in [0.25, 0.3) is 0 Å². The molecule has 1 fully saturated rings. The summed E-state index contributed by atoms with van der Waals surface area (Å²) in [5.41, 5.74) is -0.172. The van der Waals surface area contributed by atoms with Crippen LogP contribution in [0.5, 0.6) is 0 Å². The van der Waals surface area contributed by atoms with Crippen LogP contribution in [0.25, 0.3) is 0 Å². The van der Waals surface area contributed by atoms with Crippen molar-refractivity contribution in [2.75, 3.05) is 13.1 Å². The number of alkyl halides is 1. The highest BCUT2D eigenvalue weighted by Crippen LogP contribution is 2.28. The van der Waals surface area contributed by atoms with Crippen LogP contribution >= 0.6 is 0 Å². The van der Waals surface area contributed by atoms with E-state index >= 15 is 0 Å². The molecule has 3 heteroatoms. The Bertz CT molecular complexity index is 170. The molecule has 1 aliphatic heterocycles. The fourth-order valence-corrected chi connectivity index (χ4v) is 1.86. The summed E-state index contributed by atoms with van der Waals surface area (Å²) in [6, 6.07) is 0. The number of hydrogen-bond acceptors (Lipinski definition) is 2. The van der Waals surface area contributed by atoms with Gasteiger partial charge in [0.15, 0.2) is 0 Å². The summed E-state index contributed by atoms with van der Waals surface area (Å²) in [5.74, 6) is 0. The van der Waals surface area contributed by atoms with E-state index in [-0.39, 0.29) is 11.6 Å². The second-order valence-electron chi connectivity index (χ2n) is 4.51. The number of hydrogen-bond donors (Lipinski definition) is 1. The minimum atomic E-state index is -0.742. The highest BCUT2D eigenvalue weighted by atomic mass is 19.1. The maximum absolute atomic E-state index is 12.6. The molecule has 78 valence electrons. The normalized spacial score (nSPS) is 30.7. The van der Waals surface area contributed by atoms with E-state index in [9.17, 15) is 9.50 Å². The Morgan fingerprint density at radius 2 is 2.23 bits per heavy atom. The van der Waals surface area contributed by atoms with Crippen molar-refractivity contribution in [2.24, 2.45) is 0 Å². The lowest BCUT2D eigenvalue weighted by molar-refractivity contribution is 0.0509. The first kappa shape index (κ1) is 10.9. The van der Waals surface area contributed by atoms with Gasteiger partial charge < -0.3 is 5.11 Å². The number of likely N-dealkylation sites (tertiary alicyclic amines) is 1. The van der Waals surface area contributed by atoms with Crippen molar-refractivity contribution in [3.05, 3.63) is 0 Å². The maximum Gasteiger partial charge on any atom is 0.0985 e. The Morgan fingerprint density at radius 3 is 2.62 bits per heavy atom. The third kappa shape index (κ3) is 2.41. The zero-order chi connectivity index (χ0) is 10.1. The molecule has 0 aromatic heterocycles. The van der Waals surface area contributed by atoms with E-state index in [0.29, 0.717) is 6.42 Å². The lowest BCUT2D eigenvalue weighted by Crippen LogP contribution is -2.45. The van der Waals surface area contributed by atoms with E-state index < -0.39 is 6.17 Å². The summed E-state index contributed by atoms with van der Waals surface area (Å²) in [6.45, 7) is 7.27. The summed E-state index contributed by atoms with van der Waals surface area (Å²) in [4.78, 5) is 2.17. The zero-order valence-electron chi connectivity index (χ0n) is 8.76. The van der Waals surface area contributed by atoms with E-state index in [0.717, 1.165) is 19.5 Å². The second kappa shape index (κ2) is 3.93. The van der Waals surface area contributed by atoms with Crippen molar-refractivity contribution in [1.82, 2.24) is 4.90 Å². The lowest BCUT2D eigenvalue weighted by atomic mass is 9.98. The van der Waals surface area contributed by atoms with Crippen molar-refractivity contribution in [3.63, 3.8) is 0 Å². The molecule has 0 saturated carbocycles. The predicted molar refractivity (Wildman–Crippen MR) is 51.5 cm³/mol. The molecule has 2 nitrogen and oxygen atoms in total. The molecule has 0 amide bonds. The Balaban J connectivity index is 2.43. The molecular formula is C10H20FNO. The van der Waals surface area contributed by atoms with Gasteiger partial charge in [-0.2, -0.15) is 0 Å². The van der Waals surface area contributed by atoms with Crippen LogP contribution in [0.2, 0.25) is 0 Å². The molecule has 1 N–H and O–H groups in total. The molecule has 1 heterocycles. The van der Waals surface area contributed by atoms with E-state index in [4.69, 9.17) is 0 Å². The van der Waals surface area contributed by atoms with Crippen LogP contribution in [0.15, 0.2) is 0 Å². The summed E-state index contributed by atoms with van der Waals surface area (Å²) < 4.78 is 12.6. The molecule has 2 atom stereocenters. The monoisotopic (exact) mass is 189 g/mol. The molecule has 2 unspecified atom stereocenters. The Morgan fingerprint density at radius 1 is 1.62 bits per heavy atom. The van der Waals surface area contributed by atoms with Crippen LogP contribution in [-0.2, 0) is 0 Å². The first-order valence-corrected chi connectivity index (χ1v) is 5.02. The largest absolute Gasteiger partial charge is 0.391 e. The van der Waals surface area contributed by atoms with Gasteiger partial charge in [-0.05, 0) is 33.6 Å². The van der Waals surface area contributed by atoms with Gasteiger partial charge in [-0.1, -0.05) is 0 Å². The molecule has 0 aromatic rings. The first-order valence-electron chi connectivity index (χ1n) is 5.02. The molecule has 1 saturated heterocycles. The van der Waals surface area contributed by atoms with Gasteiger partial charge in [-0.3, -0.25) is 4.90 Å². The lowest BCUT2D eigenvalue weighted by Gasteiger charge is -2.33. The molecule has 0 spiro atoms. The maximum atomic E-state index is 12.6. The molecule has 0 bridgehead atoms. The average molecular weight is 189 g/mol. The van der Waals surface area contributed by atoms with E-state index in [2.05, 4.69) is 4.90 Å². The molecule has 1 rings (SSSR count). The third-order valence-electron chi connectivity index (χ3n) is 3.10. The minimum absolute atomic E-state index is 0.172. The van der Waals surface area contributed by atoms with Crippen LogP contribution < -0.4 is 0 Å². The molecule has 0 radical (unpaired) electrons. The summed E-state index contributed by atoms with van der Waals surface area (Å²) in [5, 5.41) is 9.66. The fraction of sp³-hybridized carbons (Fsp3) is 1.00. The van der Waals surface area contributed by atoms with Crippen LogP contribution in [-0.4, -0.2) is 40.9 Å². The van der Waals surface area contributed by atoms with Crippen LogP contribution in [0.1, 0.15) is 33.6 Å². The quantitative estimate of drug-likeness (QED) is 0.728. The molecule has 0 aromatic carbocycles. The number of nitrogens with zero attached hydrogens (tertiary/aromatic N) is 1. The summed E-state index contributed by atoms with van der Waals surface area (Å²) >= 11 is 0.